The van der Waals surface area contributed by atoms with Crippen LogP contribution in [0.15, 0.2) is 0 Å². The van der Waals surface area contributed by atoms with E-state index in [0.29, 0.717) is 31.1 Å². The summed E-state index contributed by atoms with van der Waals surface area (Å²) >= 11 is 0. The lowest BCUT2D eigenvalue weighted by atomic mass is 10.0. The monoisotopic (exact) mass is 371 g/mol. The van der Waals surface area contributed by atoms with Gasteiger partial charge in [-0.05, 0) is 77.5 Å². The van der Waals surface area contributed by atoms with E-state index in [0.717, 1.165) is 52.0 Å². The Kier molecular flexibility index (Phi) is 18.9. The van der Waals surface area contributed by atoms with Gasteiger partial charge in [0, 0.05) is 25.5 Å². The van der Waals surface area contributed by atoms with Crippen molar-refractivity contribution in [2.75, 3.05) is 39.4 Å². The third-order valence-electron chi connectivity index (χ3n) is 4.38. The molecule has 0 aliphatic carbocycles. The molecule has 2 unspecified atom stereocenters. The number of hydrogen-bond acceptors (Lipinski definition) is 5. The number of unbranched alkanes of at least 4 members (excludes halogenated alkanes) is 2. The number of hydrogen-bond donors (Lipinski definition) is 3. The van der Waals surface area contributed by atoms with Gasteiger partial charge in [0.15, 0.2) is 0 Å². The van der Waals surface area contributed by atoms with E-state index in [1.165, 1.54) is 25.7 Å². The lowest BCUT2D eigenvalue weighted by Crippen LogP contribution is -2.23. The summed E-state index contributed by atoms with van der Waals surface area (Å²) in [7, 11) is 0. The Bertz CT molecular complexity index is 312. The summed E-state index contributed by atoms with van der Waals surface area (Å²) in [6.07, 6.45) is 9.38. The molecule has 0 fully saturated rings. The molecule has 0 amide bonds. The first-order valence-corrected chi connectivity index (χ1v) is 10.8. The van der Waals surface area contributed by atoms with Crippen LogP contribution in [0.1, 0.15) is 78.6 Å². The first-order valence-electron chi connectivity index (χ1n) is 10.8. The molecule has 156 valence electrons. The maximum Gasteiger partial charge on any atom is 0.132 e. The van der Waals surface area contributed by atoms with Gasteiger partial charge in [0.2, 0.25) is 0 Å². The minimum Gasteiger partial charge on any atom is -0.380 e. The van der Waals surface area contributed by atoms with E-state index in [1.54, 1.807) is 0 Å². The molecule has 0 radical (unpaired) electrons. The third-order valence-corrected chi connectivity index (χ3v) is 4.38. The van der Waals surface area contributed by atoms with E-state index in [1.807, 2.05) is 6.92 Å². The number of carbonyl (C=O) groups is 1. The van der Waals surface area contributed by atoms with Crippen LogP contribution in [0.25, 0.3) is 0 Å². The van der Waals surface area contributed by atoms with Crippen molar-refractivity contribution in [2.45, 2.75) is 84.6 Å². The van der Waals surface area contributed by atoms with Crippen molar-refractivity contribution in [1.82, 2.24) is 10.6 Å². The lowest BCUT2D eigenvalue weighted by Gasteiger charge is -2.13. The molecular formula is C21H45N3O2. The lowest BCUT2D eigenvalue weighted by molar-refractivity contribution is -0.119. The largest absolute Gasteiger partial charge is 0.380 e. The normalized spacial score (nSPS) is 13.7. The molecule has 0 aliphatic rings. The molecule has 5 nitrogen and oxygen atoms in total. The number of rotatable bonds is 20. The molecule has 0 spiro atoms. The van der Waals surface area contributed by atoms with Gasteiger partial charge in [-0.25, -0.2) is 0 Å². The van der Waals surface area contributed by atoms with Crippen LogP contribution in [-0.2, 0) is 9.53 Å². The second-order valence-corrected chi connectivity index (χ2v) is 7.72. The van der Waals surface area contributed by atoms with Gasteiger partial charge in [0.05, 0.1) is 6.61 Å². The number of ether oxygens (including phenoxy) is 1. The minimum atomic E-state index is 0.0974. The van der Waals surface area contributed by atoms with Crippen LogP contribution >= 0.6 is 0 Å². The summed E-state index contributed by atoms with van der Waals surface area (Å²) < 4.78 is 5.54. The van der Waals surface area contributed by atoms with E-state index >= 15 is 0 Å². The maximum atomic E-state index is 11.9. The third kappa shape index (κ3) is 19.8. The maximum absolute atomic E-state index is 11.9. The molecular weight excluding hydrogens is 326 g/mol. The van der Waals surface area contributed by atoms with Crippen molar-refractivity contribution < 1.29 is 9.53 Å². The Morgan fingerprint density at radius 2 is 1.50 bits per heavy atom. The van der Waals surface area contributed by atoms with Crippen LogP contribution in [0, 0.1) is 5.92 Å². The van der Waals surface area contributed by atoms with Crippen molar-refractivity contribution in [2.24, 2.45) is 11.7 Å². The van der Waals surface area contributed by atoms with Crippen LogP contribution < -0.4 is 16.4 Å². The van der Waals surface area contributed by atoms with Crippen LogP contribution in [-0.4, -0.2) is 51.2 Å². The highest BCUT2D eigenvalue weighted by Crippen LogP contribution is 2.10. The van der Waals surface area contributed by atoms with E-state index in [4.69, 9.17) is 10.5 Å². The van der Waals surface area contributed by atoms with Gasteiger partial charge < -0.3 is 21.1 Å². The average Bonchev–Trinajstić information content (AvgIpc) is 2.59. The smallest absolute Gasteiger partial charge is 0.132 e. The number of carbonyl (C=O) groups excluding carboxylic acids is 1. The summed E-state index contributed by atoms with van der Waals surface area (Å²) in [5.74, 6) is 0.901. The molecule has 0 bridgehead atoms. The molecule has 26 heavy (non-hydrogen) atoms. The first-order chi connectivity index (χ1) is 12.6. The van der Waals surface area contributed by atoms with Crippen LogP contribution in [0.2, 0.25) is 0 Å². The minimum absolute atomic E-state index is 0.0974. The summed E-state index contributed by atoms with van der Waals surface area (Å²) in [5, 5.41) is 6.88. The van der Waals surface area contributed by atoms with Gasteiger partial charge >= 0.3 is 0 Å². The molecule has 4 N–H and O–H groups in total. The highest BCUT2D eigenvalue weighted by molar-refractivity contribution is 5.78. The molecule has 0 saturated heterocycles. The van der Waals surface area contributed by atoms with Crippen molar-refractivity contribution >= 4 is 5.78 Å². The highest BCUT2D eigenvalue weighted by Gasteiger charge is 2.06. The second-order valence-electron chi connectivity index (χ2n) is 7.72. The van der Waals surface area contributed by atoms with Gasteiger partial charge in [-0.3, -0.25) is 4.79 Å². The Labute approximate surface area is 162 Å². The van der Waals surface area contributed by atoms with Crippen LogP contribution in [0.5, 0.6) is 0 Å². The fourth-order valence-corrected chi connectivity index (χ4v) is 2.83. The van der Waals surface area contributed by atoms with Crippen LogP contribution in [0.4, 0.5) is 0 Å². The van der Waals surface area contributed by atoms with Crippen molar-refractivity contribution in [3.05, 3.63) is 0 Å². The Balaban J connectivity index is 3.29. The molecule has 5 heteroatoms. The zero-order valence-electron chi connectivity index (χ0n) is 17.7. The molecule has 0 aliphatic heterocycles. The van der Waals surface area contributed by atoms with Crippen molar-refractivity contribution in [3.63, 3.8) is 0 Å². The highest BCUT2D eigenvalue weighted by atomic mass is 16.5. The Morgan fingerprint density at radius 1 is 0.885 bits per heavy atom. The number of Topliss-reactive ketones (excluding diaryl/α,β-unsaturated/α-hetero) is 1. The molecule has 0 rings (SSSR count). The Hall–Kier alpha value is -0.490. The van der Waals surface area contributed by atoms with E-state index in [9.17, 15) is 4.79 Å². The zero-order chi connectivity index (χ0) is 19.5. The van der Waals surface area contributed by atoms with Gasteiger partial charge in [-0.1, -0.05) is 20.3 Å². The quantitative estimate of drug-likeness (QED) is 0.286. The summed E-state index contributed by atoms with van der Waals surface area (Å²) in [4.78, 5) is 11.9. The number of nitrogens with one attached hydrogen (secondary N) is 2. The Morgan fingerprint density at radius 3 is 2.15 bits per heavy atom. The summed E-state index contributed by atoms with van der Waals surface area (Å²) in [6.45, 7) is 12.0. The van der Waals surface area contributed by atoms with Gasteiger partial charge in [0.1, 0.15) is 5.78 Å². The van der Waals surface area contributed by atoms with E-state index in [2.05, 4.69) is 24.5 Å². The fourth-order valence-electron chi connectivity index (χ4n) is 2.83. The molecule has 0 aromatic heterocycles. The van der Waals surface area contributed by atoms with Crippen LogP contribution in [0.3, 0.4) is 0 Å². The van der Waals surface area contributed by atoms with Gasteiger partial charge in [-0.15, -0.1) is 0 Å². The predicted octanol–water partition coefficient (Wildman–Crippen LogP) is 3.27. The average molecular weight is 372 g/mol. The van der Waals surface area contributed by atoms with E-state index in [-0.39, 0.29) is 6.04 Å². The number of ketones is 1. The molecule has 0 heterocycles. The van der Waals surface area contributed by atoms with Gasteiger partial charge in [0.25, 0.3) is 0 Å². The zero-order valence-corrected chi connectivity index (χ0v) is 17.7. The summed E-state index contributed by atoms with van der Waals surface area (Å²) in [6, 6.07) is 0.0974. The SMILES string of the molecule is CCCNCCCCCNCCCC(=O)CCCC(C)COCC(C)N. The number of nitrogens with two attached hydrogens (primary N) is 1. The van der Waals surface area contributed by atoms with E-state index < -0.39 is 0 Å². The fraction of sp³-hybridized carbons (Fsp3) is 0.952. The summed E-state index contributed by atoms with van der Waals surface area (Å²) in [5.41, 5.74) is 5.66. The topological polar surface area (TPSA) is 76.4 Å². The van der Waals surface area contributed by atoms with Crippen molar-refractivity contribution in [3.8, 4) is 0 Å². The first kappa shape index (κ1) is 25.5. The molecule has 0 saturated carbocycles. The van der Waals surface area contributed by atoms with Crippen molar-refractivity contribution in [1.29, 1.82) is 0 Å². The molecule has 0 aromatic rings. The second kappa shape index (κ2) is 19.3. The standard InChI is InChI=1S/C21H45N3O2/c1-4-13-23-14-6-5-7-15-24-16-9-12-21(25)11-8-10-19(2)17-26-18-20(3)22/h19-20,23-24H,4-18,22H2,1-3H3. The molecule has 2 atom stereocenters. The predicted molar refractivity (Wildman–Crippen MR) is 112 cm³/mol. The van der Waals surface area contributed by atoms with Gasteiger partial charge in [-0.2, -0.15) is 0 Å². The molecule has 0 aromatic carbocycles.